The van der Waals surface area contributed by atoms with Crippen molar-refractivity contribution in [2.75, 3.05) is 13.2 Å². The van der Waals surface area contributed by atoms with Gasteiger partial charge in [-0.3, -0.25) is 4.79 Å². The first-order chi connectivity index (χ1) is 7.35. The molecule has 0 atom stereocenters. The minimum Gasteiger partial charge on any atom is -0.396 e. The molecule has 15 heavy (non-hydrogen) atoms. The van der Waals surface area contributed by atoms with Crippen molar-refractivity contribution in [3.05, 3.63) is 11.6 Å². The molecule has 0 fully saturated rings. The lowest BCUT2D eigenvalue weighted by Gasteiger charge is -1.99. The van der Waals surface area contributed by atoms with E-state index in [0.29, 0.717) is 0 Å². The maximum Gasteiger partial charge on any atom is 0.145 e. The van der Waals surface area contributed by atoms with Gasteiger partial charge in [-0.25, -0.2) is 0 Å². The van der Waals surface area contributed by atoms with E-state index in [1.54, 1.807) is 0 Å². The molecular weight excluding hydrogens is 192 g/mol. The molecule has 0 rings (SSSR count). The summed E-state index contributed by atoms with van der Waals surface area (Å²) in [5.74, 6) is 0. The van der Waals surface area contributed by atoms with Crippen LogP contribution >= 0.6 is 0 Å². The van der Waals surface area contributed by atoms with Crippen molar-refractivity contribution in [3.63, 3.8) is 0 Å². The fraction of sp³-hybridized carbons (Fsp3) is 0.750. The Labute approximate surface area is 91.8 Å². The minimum atomic E-state index is 0.197. The SMILES string of the molecule is O=CC(=CCCCCCO)CCCCO. The van der Waals surface area contributed by atoms with E-state index in [0.717, 1.165) is 56.8 Å². The molecule has 88 valence electrons. The zero-order chi connectivity index (χ0) is 11.4. The largest absolute Gasteiger partial charge is 0.396 e. The van der Waals surface area contributed by atoms with Crippen LogP contribution in [-0.2, 0) is 4.79 Å². The lowest BCUT2D eigenvalue weighted by molar-refractivity contribution is -0.105. The van der Waals surface area contributed by atoms with Gasteiger partial charge in [0.25, 0.3) is 0 Å². The van der Waals surface area contributed by atoms with Crippen molar-refractivity contribution in [3.8, 4) is 0 Å². The van der Waals surface area contributed by atoms with Gasteiger partial charge in [-0.1, -0.05) is 12.5 Å². The van der Waals surface area contributed by atoms with Crippen LogP contribution in [0.2, 0.25) is 0 Å². The average Bonchev–Trinajstić information content (AvgIpc) is 2.26. The summed E-state index contributed by atoms with van der Waals surface area (Å²) in [5.41, 5.74) is 0.840. The first-order valence-corrected chi connectivity index (χ1v) is 5.71. The third kappa shape index (κ3) is 9.63. The van der Waals surface area contributed by atoms with Crippen LogP contribution in [0.1, 0.15) is 44.9 Å². The molecular formula is C12H22O3. The Hall–Kier alpha value is -0.670. The van der Waals surface area contributed by atoms with Crippen LogP contribution in [0, 0.1) is 0 Å². The monoisotopic (exact) mass is 214 g/mol. The molecule has 0 heterocycles. The van der Waals surface area contributed by atoms with Gasteiger partial charge in [0.05, 0.1) is 0 Å². The summed E-state index contributed by atoms with van der Waals surface area (Å²) < 4.78 is 0. The second-order valence-corrected chi connectivity index (χ2v) is 3.65. The van der Waals surface area contributed by atoms with Crippen LogP contribution in [0.4, 0.5) is 0 Å². The number of carbonyl (C=O) groups is 1. The Balaban J connectivity index is 3.55. The number of allylic oxidation sites excluding steroid dienone is 2. The lowest BCUT2D eigenvalue weighted by Crippen LogP contribution is -1.89. The van der Waals surface area contributed by atoms with Gasteiger partial charge in [0.2, 0.25) is 0 Å². The number of aliphatic hydroxyl groups excluding tert-OH is 2. The number of aldehydes is 1. The maximum atomic E-state index is 10.6. The van der Waals surface area contributed by atoms with Crippen LogP contribution in [-0.4, -0.2) is 29.7 Å². The Morgan fingerprint density at radius 2 is 1.60 bits per heavy atom. The fourth-order valence-corrected chi connectivity index (χ4v) is 1.37. The second kappa shape index (κ2) is 11.4. The van der Waals surface area contributed by atoms with Gasteiger partial charge >= 0.3 is 0 Å². The highest BCUT2D eigenvalue weighted by molar-refractivity contribution is 5.72. The highest BCUT2D eigenvalue weighted by atomic mass is 16.3. The summed E-state index contributed by atoms with van der Waals surface area (Å²) in [6.07, 6.45) is 9.07. The molecule has 2 N–H and O–H groups in total. The molecule has 3 nitrogen and oxygen atoms in total. The Morgan fingerprint density at radius 3 is 2.20 bits per heavy atom. The predicted octanol–water partition coefficient (Wildman–Crippen LogP) is 1.83. The van der Waals surface area contributed by atoms with Crippen molar-refractivity contribution in [1.82, 2.24) is 0 Å². The van der Waals surface area contributed by atoms with Gasteiger partial charge in [-0.15, -0.1) is 0 Å². The van der Waals surface area contributed by atoms with Crippen molar-refractivity contribution in [2.45, 2.75) is 44.9 Å². The summed E-state index contributed by atoms with van der Waals surface area (Å²) >= 11 is 0. The standard InChI is InChI=1S/C12H22O3/c13-9-5-2-1-3-7-12(11-15)8-4-6-10-14/h7,11,13-14H,1-6,8-10H2. The highest BCUT2D eigenvalue weighted by Crippen LogP contribution is 2.08. The number of hydrogen-bond acceptors (Lipinski definition) is 3. The van der Waals surface area contributed by atoms with E-state index in [1.165, 1.54) is 0 Å². The number of aliphatic hydroxyl groups is 2. The molecule has 0 spiro atoms. The Bertz CT molecular complexity index is 176. The van der Waals surface area contributed by atoms with Gasteiger partial charge in [0.15, 0.2) is 0 Å². The summed E-state index contributed by atoms with van der Waals surface area (Å²) in [6.45, 7) is 0.448. The molecule has 0 aromatic heterocycles. The molecule has 0 saturated carbocycles. The molecule has 0 aliphatic rings. The van der Waals surface area contributed by atoms with Crippen LogP contribution in [0.25, 0.3) is 0 Å². The van der Waals surface area contributed by atoms with Crippen molar-refractivity contribution < 1.29 is 15.0 Å². The number of rotatable bonds is 10. The van der Waals surface area contributed by atoms with Crippen LogP contribution in [0.5, 0.6) is 0 Å². The van der Waals surface area contributed by atoms with E-state index in [2.05, 4.69) is 0 Å². The normalized spacial score (nSPS) is 11.7. The minimum absolute atomic E-state index is 0.197. The van der Waals surface area contributed by atoms with E-state index in [4.69, 9.17) is 10.2 Å². The number of hydrogen-bond donors (Lipinski definition) is 2. The summed E-state index contributed by atoms with van der Waals surface area (Å²) in [7, 11) is 0. The highest BCUT2D eigenvalue weighted by Gasteiger charge is 1.95. The van der Waals surface area contributed by atoms with Gasteiger partial charge in [-0.05, 0) is 44.1 Å². The van der Waals surface area contributed by atoms with Gasteiger partial charge < -0.3 is 10.2 Å². The van der Waals surface area contributed by atoms with E-state index in [9.17, 15) is 4.79 Å². The molecule has 0 saturated heterocycles. The van der Waals surface area contributed by atoms with E-state index in [1.807, 2.05) is 6.08 Å². The van der Waals surface area contributed by atoms with Crippen LogP contribution in [0.3, 0.4) is 0 Å². The molecule has 0 unspecified atom stereocenters. The van der Waals surface area contributed by atoms with Gasteiger partial charge in [0.1, 0.15) is 6.29 Å². The van der Waals surface area contributed by atoms with Gasteiger partial charge in [0, 0.05) is 13.2 Å². The van der Waals surface area contributed by atoms with Crippen LogP contribution < -0.4 is 0 Å². The first kappa shape index (κ1) is 14.3. The zero-order valence-corrected chi connectivity index (χ0v) is 9.32. The first-order valence-electron chi connectivity index (χ1n) is 5.71. The lowest BCUT2D eigenvalue weighted by atomic mass is 10.1. The fourth-order valence-electron chi connectivity index (χ4n) is 1.37. The second-order valence-electron chi connectivity index (χ2n) is 3.65. The molecule has 0 amide bonds. The van der Waals surface area contributed by atoms with Gasteiger partial charge in [-0.2, -0.15) is 0 Å². The maximum absolute atomic E-state index is 10.6. The molecule has 0 aromatic carbocycles. The summed E-state index contributed by atoms with van der Waals surface area (Å²) in [6, 6.07) is 0. The molecule has 0 radical (unpaired) electrons. The third-order valence-electron chi connectivity index (χ3n) is 2.29. The van der Waals surface area contributed by atoms with E-state index in [-0.39, 0.29) is 13.2 Å². The molecule has 3 heteroatoms. The average molecular weight is 214 g/mol. The quantitative estimate of drug-likeness (QED) is 0.331. The molecule has 0 aliphatic heterocycles. The topological polar surface area (TPSA) is 57.5 Å². The Kier molecular flexibility index (Phi) is 10.9. The van der Waals surface area contributed by atoms with Crippen molar-refractivity contribution in [2.24, 2.45) is 0 Å². The number of unbranched alkanes of at least 4 members (excludes halogenated alkanes) is 4. The smallest absolute Gasteiger partial charge is 0.145 e. The van der Waals surface area contributed by atoms with Crippen LogP contribution in [0.15, 0.2) is 11.6 Å². The summed E-state index contributed by atoms with van der Waals surface area (Å²) in [5, 5.41) is 17.2. The van der Waals surface area contributed by atoms with Crippen molar-refractivity contribution in [1.29, 1.82) is 0 Å². The molecule has 0 aromatic rings. The Morgan fingerprint density at radius 1 is 0.933 bits per heavy atom. The number of carbonyl (C=O) groups excluding carboxylic acids is 1. The van der Waals surface area contributed by atoms with Crippen molar-refractivity contribution >= 4 is 6.29 Å². The zero-order valence-electron chi connectivity index (χ0n) is 9.32. The van der Waals surface area contributed by atoms with E-state index >= 15 is 0 Å². The summed E-state index contributed by atoms with van der Waals surface area (Å²) in [4.78, 5) is 10.6. The molecule has 0 bridgehead atoms. The van der Waals surface area contributed by atoms with E-state index < -0.39 is 0 Å². The predicted molar refractivity (Wildman–Crippen MR) is 60.6 cm³/mol. The third-order valence-corrected chi connectivity index (χ3v) is 2.29. The molecule has 0 aliphatic carbocycles.